The van der Waals surface area contributed by atoms with Gasteiger partial charge in [0.25, 0.3) is 0 Å². The van der Waals surface area contributed by atoms with Crippen LogP contribution in [0.25, 0.3) is 0 Å². The molecule has 0 aromatic heterocycles. The van der Waals surface area contributed by atoms with E-state index < -0.39 is 0 Å². The average Bonchev–Trinajstić information content (AvgIpc) is 2.33. The lowest BCUT2D eigenvalue weighted by Crippen LogP contribution is -2.09. The van der Waals surface area contributed by atoms with Crippen LogP contribution in [0, 0.1) is 0 Å². The molecule has 1 N–H and O–H groups in total. The first-order valence-corrected chi connectivity index (χ1v) is 5.86. The minimum absolute atomic E-state index is 0.00137. The van der Waals surface area contributed by atoms with Gasteiger partial charge in [0.05, 0.1) is 38.3 Å². The fourth-order valence-electron chi connectivity index (χ4n) is 0.929. The summed E-state index contributed by atoms with van der Waals surface area (Å²) in [6, 6.07) is 0. The van der Waals surface area contributed by atoms with Crippen LogP contribution >= 0.6 is 0 Å². The van der Waals surface area contributed by atoms with Crippen LogP contribution < -0.4 is 0 Å². The predicted octanol–water partition coefficient (Wildman–Crippen LogP) is 1.26. The number of rotatable bonds is 10. The second-order valence-corrected chi connectivity index (χ2v) is 3.50. The Morgan fingerprint density at radius 1 is 1.24 bits per heavy atom. The van der Waals surface area contributed by atoms with Gasteiger partial charge in [0, 0.05) is 0 Å². The van der Waals surface area contributed by atoms with Crippen LogP contribution in [0.1, 0.15) is 26.7 Å². The van der Waals surface area contributed by atoms with Gasteiger partial charge in [-0.1, -0.05) is 13.3 Å². The number of aliphatic hydroxyl groups excluding tert-OH is 1. The molecule has 0 heterocycles. The molecule has 0 saturated carbocycles. The second kappa shape index (κ2) is 11.4. The van der Waals surface area contributed by atoms with Gasteiger partial charge < -0.3 is 19.3 Å². The highest BCUT2D eigenvalue weighted by Gasteiger charge is 2.05. The average molecular weight is 246 g/mol. The Morgan fingerprint density at radius 3 is 2.65 bits per heavy atom. The Hall–Kier alpha value is -1.07. The molecule has 0 amide bonds. The predicted molar refractivity (Wildman–Crippen MR) is 63.5 cm³/mol. The topological polar surface area (TPSA) is 65.0 Å². The van der Waals surface area contributed by atoms with Crippen LogP contribution in [0.2, 0.25) is 0 Å². The molecule has 0 radical (unpaired) electrons. The molecule has 0 aliphatic heterocycles. The van der Waals surface area contributed by atoms with Gasteiger partial charge in [-0.3, -0.25) is 0 Å². The van der Waals surface area contributed by atoms with E-state index >= 15 is 0 Å². The number of unbranched alkanes of at least 4 members (excludes halogenated alkanes) is 1. The minimum atomic E-state index is -0.352. The Morgan fingerprint density at radius 2 is 2.00 bits per heavy atom. The molecule has 0 aromatic carbocycles. The van der Waals surface area contributed by atoms with E-state index in [2.05, 4.69) is 0 Å². The van der Waals surface area contributed by atoms with Crippen LogP contribution in [0.4, 0.5) is 0 Å². The van der Waals surface area contributed by atoms with Gasteiger partial charge in [0.1, 0.15) is 6.61 Å². The van der Waals surface area contributed by atoms with E-state index in [1.165, 1.54) is 6.26 Å². The Bertz CT molecular complexity index is 225. The van der Waals surface area contributed by atoms with Crippen LogP contribution in [-0.2, 0) is 19.0 Å². The molecule has 5 heteroatoms. The number of hydrogen-bond acceptors (Lipinski definition) is 5. The van der Waals surface area contributed by atoms with E-state index in [0.717, 1.165) is 12.8 Å². The van der Waals surface area contributed by atoms with Crippen molar-refractivity contribution in [1.29, 1.82) is 0 Å². The van der Waals surface area contributed by atoms with Crippen molar-refractivity contribution in [2.45, 2.75) is 26.7 Å². The Labute approximate surface area is 102 Å². The highest BCUT2D eigenvalue weighted by molar-refractivity contribution is 5.87. The van der Waals surface area contributed by atoms with Gasteiger partial charge in [-0.25, -0.2) is 4.79 Å². The van der Waals surface area contributed by atoms with Crippen molar-refractivity contribution in [2.75, 3.05) is 33.0 Å². The van der Waals surface area contributed by atoms with Crippen molar-refractivity contribution in [3.63, 3.8) is 0 Å². The third-order valence-corrected chi connectivity index (χ3v) is 1.89. The van der Waals surface area contributed by atoms with Crippen molar-refractivity contribution >= 4 is 5.97 Å². The molecular weight excluding hydrogens is 224 g/mol. The SMILES string of the molecule is CCCCOC(=O)C(C)=COCCOCCO. The van der Waals surface area contributed by atoms with E-state index in [9.17, 15) is 4.79 Å². The molecule has 0 aromatic rings. The van der Waals surface area contributed by atoms with Gasteiger partial charge in [-0.15, -0.1) is 0 Å². The van der Waals surface area contributed by atoms with Gasteiger partial charge >= 0.3 is 5.97 Å². The molecule has 0 atom stereocenters. The summed E-state index contributed by atoms with van der Waals surface area (Å²) in [6.45, 7) is 5.15. The zero-order valence-electron chi connectivity index (χ0n) is 10.6. The van der Waals surface area contributed by atoms with Crippen LogP contribution in [0.3, 0.4) is 0 Å². The highest BCUT2D eigenvalue weighted by Crippen LogP contribution is 1.99. The van der Waals surface area contributed by atoms with Crippen molar-refractivity contribution < 1.29 is 24.1 Å². The lowest BCUT2D eigenvalue weighted by Gasteiger charge is -2.05. The number of aliphatic hydroxyl groups is 1. The number of carbonyl (C=O) groups is 1. The first-order chi connectivity index (χ1) is 8.22. The maximum Gasteiger partial charge on any atom is 0.336 e. The Balaban J connectivity index is 3.58. The number of ether oxygens (including phenoxy) is 3. The highest BCUT2D eigenvalue weighted by atomic mass is 16.5. The maximum absolute atomic E-state index is 11.3. The molecule has 100 valence electrons. The lowest BCUT2D eigenvalue weighted by molar-refractivity contribution is -0.139. The van der Waals surface area contributed by atoms with E-state index in [1.54, 1.807) is 6.92 Å². The van der Waals surface area contributed by atoms with Crippen molar-refractivity contribution in [2.24, 2.45) is 0 Å². The van der Waals surface area contributed by atoms with Gasteiger partial charge in [-0.2, -0.15) is 0 Å². The van der Waals surface area contributed by atoms with Gasteiger partial charge in [-0.05, 0) is 13.3 Å². The number of carbonyl (C=O) groups excluding carboxylic acids is 1. The monoisotopic (exact) mass is 246 g/mol. The van der Waals surface area contributed by atoms with E-state index in [-0.39, 0.29) is 12.6 Å². The summed E-state index contributed by atoms with van der Waals surface area (Å²) in [5.74, 6) is -0.352. The van der Waals surface area contributed by atoms with Gasteiger partial charge in [0.2, 0.25) is 0 Å². The molecule has 0 aliphatic rings. The normalized spacial score (nSPS) is 11.4. The molecule has 5 nitrogen and oxygen atoms in total. The summed E-state index contributed by atoms with van der Waals surface area (Å²) < 4.78 is 15.1. The van der Waals surface area contributed by atoms with Crippen molar-refractivity contribution in [3.05, 3.63) is 11.8 Å². The second-order valence-electron chi connectivity index (χ2n) is 3.50. The quantitative estimate of drug-likeness (QED) is 0.272. The lowest BCUT2D eigenvalue weighted by atomic mass is 10.3. The zero-order chi connectivity index (χ0) is 12.9. The molecular formula is C12H22O5. The number of hydrogen-bond donors (Lipinski definition) is 1. The fraction of sp³-hybridized carbons (Fsp3) is 0.750. The largest absolute Gasteiger partial charge is 0.498 e. The molecule has 0 rings (SSSR count). The third kappa shape index (κ3) is 9.84. The molecule has 0 spiro atoms. The summed E-state index contributed by atoms with van der Waals surface area (Å²) in [5.41, 5.74) is 0.434. The summed E-state index contributed by atoms with van der Waals surface area (Å²) in [6.07, 6.45) is 3.24. The fourth-order valence-corrected chi connectivity index (χ4v) is 0.929. The van der Waals surface area contributed by atoms with Crippen molar-refractivity contribution in [1.82, 2.24) is 0 Å². The Kier molecular flexibility index (Phi) is 10.7. The van der Waals surface area contributed by atoms with E-state index in [4.69, 9.17) is 19.3 Å². The molecule has 17 heavy (non-hydrogen) atoms. The summed E-state index contributed by atoms with van der Waals surface area (Å²) in [7, 11) is 0. The van der Waals surface area contributed by atoms with Crippen LogP contribution in [0.5, 0.6) is 0 Å². The first kappa shape index (κ1) is 15.9. The van der Waals surface area contributed by atoms with Crippen molar-refractivity contribution in [3.8, 4) is 0 Å². The van der Waals surface area contributed by atoms with E-state index in [0.29, 0.717) is 32.0 Å². The summed E-state index contributed by atoms with van der Waals surface area (Å²) in [5, 5.41) is 8.45. The summed E-state index contributed by atoms with van der Waals surface area (Å²) >= 11 is 0. The molecule has 0 aliphatic carbocycles. The molecule has 0 bridgehead atoms. The summed E-state index contributed by atoms with van der Waals surface area (Å²) in [4.78, 5) is 11.3. The molecule has 0 fully saturated rings. The van der Waals surface area contributed by atoms with E-state index in [1.807, 2.05) is 6.92 Å². The smallest absolute Gasteiger partial charge is 0.336 e. The zero-order valence-corrected chi connectivity index (χ0v) is 10.6. The molecule has 0 unspecified atom stereocenters. The standard InChI is InChI=1S/C12H22O5/c1-3-4-6-17-12(14)11(2)10-16-9-8-15-7-5-13/h10,13H,3-9H2,1-2H3. The first-order valence-electron chi connectivity index (χ1n) is 5.86. The maximum atomic E-state index is 11.3. The van der Waals surface area contributed by atoms with Gasteiger partial charge in [0.15, 0.2) is 0 Å². The molecule has 0 saturated heterocycles. The van der Waals surface area contributed by atoms with Crippen LogP contribution in [-0.4, -0.2) is 44.1 Å². The number of esters is 1. The third-order valence-electron chi connectivity index (χ3n) is 1.89. The minimum Gasteiger partial charge on any atom is -0.498 e. The van der Waals surface area contributed by atoms with Crippen LogP contribution in [0.15, 0.2) is 11.8 Å².